The van der Waals surface area contributed by atoms with Crippen LogP contribution in [0.15, 0.2) is 42.5 Å². The number of hydrogen-bond donors (Lipinski definition) is 1. The Morgan fingerprint density at radius 1 is 1.00 bits per heavy atom. The molecular weight excluding hydrogens is 618 g/mol. The molecule has 0 fully saturated rings. The maximum atomic E-state index is 14.5. The Bertz CT molecular complexity index is 1220. The summed E-state index contributed by atoms with van der Waals surface area (Å²) in [6.45, 7) is 0.791. The molecule has 0 amide bonds. The fourth-order valence-electron chi connectivity index (χ4n) is 2.77. The normalized spacial score (nSPS) is 11.1. The van der Waals surface area contributed by atoms with E-state index in [0.29, 0.717) is 11.8 Å². The van der Waals surface area contributed by atoms with Crippen LogP contribution in [0.1, 0.15) is 16.8 Å². The van der Waals surface area contributed by atoms with E-state index in [-0.39, 0.29) is 31.3 Å². The number of benzene rings is 2. The molecule has 0 atom stereocenters. The van der Waals surface area contributed by atoms with Gasteiger partial charge in [0.05, 0.1) is 15.5 Å². The Morgan fingerprint density at radius 3 is 2.19 bits per heavy atom. The molecule has 0 unspecified atom stereocenters. The van der Waals surface area contributed by atoms with Gasteiger partial charge in [-0.05, 0) is 66.8 Å². The van der Waals surface area contributed by atoms with E-state index in [9.17, 15) is 27.5 Å². The monoisotopic (exact) mass is 627 g/mol. The van der Waals surface area contributed by atoms with Crippen LogP contribution < -0.4 is 10.3 Å². The van der Waals surface area contributed by atoms with Crippen LogP contribution in [0.5, 0.6) is 11.5 Å². The molecule has 1 N–H and O–H groups in total. The van der Waals surface area contributed by atoms with Crippen LogP contribution >= 0.6 is 47.8 Å². The first-order chi connectivity index (χ1) is 14.5. The van der Waals surface area contributed by atoms with Gasteiger partial charge in [0.2, 0.25) is 0 Å². The summed E-state index contributed by atoms with van der Waals surface area (Å²) < 4.78 is 61.7. The first-order valence-corrected chi connectivity index (χ1v) is 10.9. The van der Waals surface area contributed by atoms with Crippen molar-refractivity contribution in [2.45, 2.75) is 20.1 Å². The molecule has 1 heterocycles. The highest BCUT2D eigenvalue weighted by Crippen LogP contribution is 2.39. The van der Waals surface area contributed by atoms with E-state index < -0.39 is 46.7 Å². The molecule has 2 aromatic carbocycles. The summed E-state index contributed by atoms with van der Waals surface area (Å²) in [6.07, 6.45) is 0. The van der Waals surface area contributed by atoms with Crippen molar-refractivity contribution >= 4 is 47.8 Å². The molecule has 0 saturated heterocycles. The molecule has 164 valence electrons. The second-order valence-corrected chi connectivity index (χ2v) is 8.84. The van der Waals surface area contributed by atoms with Crippen LogP contribution in [-0.4, -0.2) is 9.67 Å². The summed E-state index contributed by atoms with van der Waals surface area (Å²) >= 11 is 8.81. The first-order valence-electron chi connectivity index (χ1n) is 8.53. The van der Waals surface area contributed by atoms with Crippen molar-refractivity contribution in [1.29, 1.82) is 0 Å². The topological polar surface area (TPSA) is 51.5 Å². The van der Waals surface area contributed by atoms with Crippen LogP contribution in [0, 0.1) is 30.2 Å². The number of aromatic hydroxyl groups is 1. The van der Waals surface area contributed by atoms with E-state index in [1.54, 1.807) is 0 Å². The molecule has 3 aromatic rings. The van der Waals surface area contributed by atoms with Gasteiger partial charge < -0.3 is 14.4 Å². The van der Waals surface area contributed by atoms with Gasteiger partial charge in [-0.2, -0.15) is 0 Å². The SMILES string of the molecule is Cc1cc(OCc2ccc(F)cc2F)c(Br)c(=O)n1Cc1c(F)c(Br)c(O)c(Br)c1F. The number of pyridine rings is 1. The number of phenols is 1. The van der Waals surface area contributed by atoms with Gasteiger partial charge in [0.15, 0.2) is 0 Å². The van der Waals surface area contributed by atoms with Gasteiger partial charge in [0, 0.05) is 29.0 Å². The van der Waals surface area contributed by atoms with Gasteiger partial charge >= 0.3 is 0 Å². The molecule has 0 bridgehead atoms. The van der Waals surface area contributed by atoms with E-state index in [4.69, 9.17) is 4.74 Å². The molecule has 0 aliphatic carbocycles. The lowest BCUT2D eigenvalue weighted by Gasteiger charge is -2.17. The van der Waals surface area contributed by atoms with Gasteiger partial charge in [-0.25, -0.2) is 17.6 Å². The lowest BCUT2D eigenvalue weighted by atomic mass is 10.1. The molecule has 31 heavy (non-hydrogen) atoms. The minimum Gasteiger partial charge on any atom is -0.505 e. The zero-order valence-electron chi connectivity index (χ0n) is 15.6. The molecular formula is C20H12Br3F4NO3. The van der Waals surface area contributed by atoms with Crippen LogP contribution in [0.2, 0.25) is 0 Å². The van der Waals surface area contributed by atoms with Crippen LogP contribution in [0.3, 0.4) is 0 Å². The molecule has 11 heteroatoms. The number of halogens is 7. The Labute approximate surface area is 198 Å². The minimum absolute atomic E-state index is 0.0432. The van der Waals surface area contributed by atoms with Crippen molar-refractivity contribution in [1.82, 2.24) is 4.57 Å². The molecule has 1 aromatic heterocycles. The van der Waals surface area contributed by atoms with Crippen molar-refractivity contribution in [3.63, 3.8) is 0 Å². The highest BCUT2D eigenvalue weighted by Gasteiger charge is 2.23. The lowest BCUT2D eigenvalue weighted by Crippen LogP contribution is -2.25. The van der Waals surface area contributed by atoms with E-state index >= 15 is 0 Å². The largest absolute Gasteiger partial charge is 0.505 e. The standard InChI is InChI=1S/C20H12Br3F4NO3/c1-8-4-13(31-7-9-2-3-10(24)5-12(9)25)14(21)20(30)28(8)6-11-17(26)15(22)19(29)16(23)18(11)27/h2-5,29H,6-7H2,1H3. The first kappa shape index (κ1) is 23.8. The Balaban J connectivity index is 1.95. The van der Waals surface area contributed by atoms with Crippen molar-refractivity contribution < 1.29 is 27.4 Å². The van der Waals surface area contributed by atoms with Gasteiger partial charge in [-0.15, -0.1) is 0 Å². The van der Waals surface area contributed by atoms with Crippen LogP contribution in [0.4, 0.5) is 17.6 Å². The van der Waals surface area contributed by atoms with Crippen LogP contribution in [-0.2, 0) is 13.2 Å². The number of rotatable bonds is 5. The second kappa shape index (κ2) is 9.33. The third kappa shape index (κ3) is 4.68. The molecule has 0 spiro atoms. The summed E-state index contributed by atoms with van der Waals surface area (Å²) in [4.78, 5) is 12.8. The molecule has 0 aliphatic heterocycles. The summed E-state index contributed by atoms with van der Waals surface area (Å²) in [5, 5.41) is 9.72. The molecule has 3 rings (SSSR count). The number of aromatic nitrogens is 1. The van der Waals surface area contributed by atoms with Crippen molar-refractivity contribution in [3.8, 4) is 11.5 Å². The summed E-state index contributed by atoms with van der Waals surface area (Å²) in [6, 6.07) is 4.46. The average Bonchev–Trinajstić information content (AvgIpc) is 2.73. The fourth-order valence-corrected chi connectivity index (χ4v) is 4.36. The molecule has 0 saturated carbocycles. The number of nitrogens with zero attached hydrogens (tertiary/aromatic N) is 1. The zero-order valence-corrected chi connectivity index (χ0v) is 20.3. The van der Waals surface area contributed by atoms with E-state index in [0.717, 1.165) is 10.6 Å². The fraction of sp³-hybridized carbons (Fsp3) is 0.150. The number of aryl methyl sites for hydroxylation is 1. The Morgan fingerprint density at radius 2 is 1.61 bits per heavy atom. The van der Waals surface area contributed by atoms with Crippen LogP contribution in [0.25, 0.3) is 0 Å². The quantitative estimate of drug-likeness (QED) is 0.265. The lowest BCUT2D eigenvalue weighted by molar-refractivity contribution is 0.295. The molecule has 0 aliphatic rings. The smallest absolute Gasteiger partial charge is 0.269 e. The van der Waals surface area contributed by atoms with E-state index in [2.05, 4.69) is 47.8 Å². The Kier molecular flexibility index (Phi) is 7.17. The van der Waals surface area contributed by atoms with Gasteiger partial charge in [-0.1, -0.05) is 0 Å². The Hall–Kier alpha value is -1.85. The van der Waals surface area contributed by atoms with Gasteiger partial charge in [0.25, 0.3) is 5.56 Å². The summed E-state index contributed by atoms with van der Waals surface area (Å²) in [7, 11) is 0. The predicted molar refractivity (Wildman–Crippen MR) is 116 cm³/mol. The van der Waals surface area contributed by atoms with Gasteiger partial charge in [0.1, 0.15) is 45.8 Å². The van der Waals surface area contributed by atoms with Gasteiger partial charge in [-0.3, -0.25) is 4.79 Å². The maximum absolute atomic E-state index is 14.5. The third-order valence-corrected chi connectivity index (χ3v) is 6.64. The second-order valence-electron chi connectivity index (χ2n) is 6.46. The number of hydrogen-bond acceptors (Lipinski definition) is 3. The number of ether oxygens (including phenoxy) is 1. The highest BCUT2D eigenvalue weighted by atomic mass is 79.9. The van der Waals surface area contributed by atoms with Crippen molar-refractivity contribution in [3.05, 3.63) is 88.1 Å². The zero-order chi connectivity index (χ0) is 23.0. The predicted octanol–water partition coefficient (Wildman–Crippen LogP) is 6.33. The van der Waals surface area contributed by atoms with E-state index in [1.807, 2.05) is 0 Å². The van der Waals surface area contributed by atoms with Crippen molar-refractivity contribution in [2.24, 2.45) is 0 Å². The average molecular weight is 630 g/mol. The third-order valence-electron chi connectivity index (χ3n) is 4.46. The summed E-state index contributed by atoms with van der Waals surface area (Å²) in [5.41, 5.74) is -0.704. The maximum Gasteiger partial charge on any atom is 0.269 e. The minimum atomic E-state index is -1.05. The number of phenolic OH excluding ortho intramolecular Hbond substituents is 1. The highest BCUT2D eigenvalue weighted by molar-refractivity contribution is 9.11. The summed E-state index contributed by atoms with van der Waals surface area (Å²) in [5.74, 6) is -4.18. The van der Waals surface area contributed by atoms with E-state index in [1.165, 1.54) is 19.1 Å². The molecule has 0 radical (unpaired) electrons. The molecule has 4 nitrogen and oxygen atoms in total. The van der Waals surface area contributed by atoms with Crippen molar-refractivity contribution in [2.75, 3.05) is 0 Å².